The molecule has 1 aromatic carbocycles. The molecule has 24 heavy (non-hydrogen) atoms. The van der Waals surface area contributed by atoms with E-state index in [4.69, 9.17) is 17.0 Å². The molecule has 1 aromatic heterocycles. The Morgan fingerprint density at radius 3 is 2.54 bits per heavy atom. The average molecular weight is 347 g/mol. The van der Waals surface area contributed by atoms with Crippen molar-refractivity contribution in [2.24, 2.45) is 7.05 Å². The van der Waals surface area contributed by atoms with Crippen LogP contribution in [0.15, 0.2) is 35.1 Å². The van der Waals surface area contributed by atoms with Crippen LogP contribution in [0.5, 0.6) is 0 Å². The normalized spacial score (nSPS) is 15.2. The fourth-order valence-corrected chi connectivity index (χ4v) is 2.90. The predicted octanol–water partition coefficient (Wildman–Crippen LogP) is 1.02. The van der Waals surface area contributed by atoms with Gasteiger partial charge in [0.2, 0.25) is 0 Å². The Bertz CT molecular complexity index is 778. The van der Waals surface area contributed by atoms with Crippen molar-refractivity contribution in [3.63, 3.8) is 0 Å². The van der Waals surface area contributed by atoms with E-state index in [9.17, 15) is 4.79 Å². The van der Waals surface area contributed by atoms with Crippen LogP contribution in [0.25, 0.3) is 5.69 Å². The largest absolute Gasteiger partial charge is 0.379 e. The number of nitrogens with one attached hydrogen (secondary N) is 2. The zero-order valence-corrected chi connectivity index (χ0v) is 14.6. The summed E-state index contributed by atoms with van der Waals surface area (Å²) >= 11 is 5.34. The van der Waals surface area contributed by atoms with Crippen molar-refractivity contribution in [2.75, 3.05) is 31.6 Å². The first kappa shape index (κ1) is 16.7. The Kier molecular flexibility index (Phi) is 4.98. The van der Waals surface area contributed by atoms with Crippen LogP contribution in [0, 0.1) is 6.92 Å². The topological polar surface area (TPSA) is 63.5 Å². The minimum Gasteiger partial charge on any atom is -0.379 e. The minimum atomic E-state index is -0.132. The molecule has 0 spiro atoms. The number of benzene rings is 1. The molecule has 0 saturated carbocycles. The number of morpholine rings is 1. The summed E-state index contributed by atoms with van der Waals surface area (Å²) in [4.78, 5) is 12.8. The van der Waals surface area contributed by atoms with E-state index in [1.54, 1.807) is 4.68 Å². The molecule has 128 valence electrons. The van der Waals surface area contributed by atoms with Gasteiger partial charge < -0.3 is 10.1 Å². The van der Waals surface area contributed by atoms with Crippen molar-refractivity contribution >= 4 is 23.0 Å². The first-order valence-corrected chi connectivity index (χ1v) is 8.23. The number of rotatable bonds is 3. The van der Waals surface area contributed by atoms with Gasteiger partial charge in [0.15, 0.2) is 5.11 Å². The van der Waals surface area contributed by atoms with E-state index in [-0.39, 0.29) is 5.56 Å². The molecular formula is C16H21N5O2S. The monoisotopic (exact) mass is 347 g/mol. The van der Waals surface area contributed by atoms with Gasteiger partial charge in [-0.05, 0) is 31.3 Å². The average Bonchev–Trinajstić information content (AvgIpc) is 2.80. The van der Waals surface area contributed by atoms with Crippen LogP contribution in [0.4, 0.5) is 5.69 Å². The summed E-state index contributed by atoms with van der Waals surface area (Å²) in [6.45, 7) is 4.73. The van der Waals surface area contributed by atoms with E-state index in [1.807, 2.05) is 54.0 Å². The lowest BCUT2D eigenvalue weighted by molar-refractivity contribution is 0.0252. The first-order chi connectivity index (χ1) is 11.6. The number of aromatic nitrogens is 2. The van der Waals surface area contributed by atoms with Gasteiger partial charge in [-0.3, -0.25) is 14.9 Å². The van der Waals surface area contributed by atoms with Gasteiger partial charge in [-0.25, -0.2) is 9.69 Å². The smallest absolute Gasteiger partial charge is 0.295 e. The zero-order chi connectivity index (χ0) is 17.1. The second kappa shape index (κ2) is 7.16. The van der Waals surface area contributed by atoms with Crippen LogP contribution in [-0.4, -0.2) is 45.8 Å². The van der Waals surface area contributed by atoms with Gasteiger partial charge in [0.05, 0.1) is 24.6 Å². The number of hydrazine groups is 1. The van der Waals surface area contributed by atoms with Crippen LogP contribution in [0.2, 0.25) is 0 Å². The molecule has 2 aromatic rings. The molecule has 8 heteroatoms. The molecule has 0 radical (unpaired) electrons. The Labute approximate surface area is 145 Å². The second-order valence-electron chi connectivity index (χ2n) is 5.60. The summed E-state index contributed by atoms with van der Waals surface area (Å²) in [6, 6.07) is 9.53. The molecule has 3 rings (SSSR count). The molecule has 0 bridgehead atoms. The molecular weight excluding hydrogens is 326 g/mol. The molecule has 0 unspecified atom stereocenters. The van der Waals surface area contributed by atoms with Gasteiger partial charge in [-0.1, -0.05) is 18.2 Å². The summed E-state index contributed by atoms with van der Waals surface area (Å²) in [5, 5.41) is 5.42. The lowest BCUT2D eigenvalue weighted by atomic mass is 10.3. The molecule has 1 aliphatic rings. The molecule has 1 aliphatic heterocycles. The van der Waals surface area contributed by atoms with Crippen LogP contribution in [0.1, 0.15) is 5.69 Å². The third-order valence-corrected chi connectivity index (χ3v) is 4.26. The Morgan fingerprint density at radius 1 is 1.21 bits per heavy atom. The van der Waals surface area contributed by atoms with E-state index in [2.05, 4.69) is 10.7 Å². The fourth-order valence-electron chi connectivity index (χ4n) is 2.67. The molecule has 2 N–H and O–H groups in total. The number of thiocarbonyl (C=S) groups is 1. The first-order valence-electron chi connectivity index (χ1n) is 7.82. The maximum Gasteiger partial charge on any atom is 0.295 e. The van der Waals surface area contributed by atoms with Crippen LogP contribution in [0.3, 0.4) is 0 Å². The summed E-state index contributed by atoms with van der Waals surface area (Å²) in [5.74, 6) is 0. The maximum absolute atomic E-state index is 12.8. The number of ether oxygens (including phenoxy) is 1. The summed E-state index contributed by atoms with van der Waals surface area (Å²) < 4.78 is 8.74. The van der Waals surface area contributed by atoms with Crippen molar-refractivity contribution in [1.29, 1.82) is 0 Å². The highest BCUT2D eigenvalue weighted by molar-refractivity contribution is 7.80. The van der Waals surface area contributed by atoms with Gasteiger partial charge in [0, 0.05) is 20.1 Å². The van der Waals surface area contributed by atoms with Crippen molar-refractivity contribution in [3.05, 3.63) is 46.4 Å². The molecule has 0 amide bonds. The molecule has 2 heterocycles. The Hall–Kier alpha value is -2.16. The summed E-state index contributed by atoms with van der Waals surface area (Å²) in [5.41, 5.74) is 5.08. The lowest BCUT2D eigenvalue weighted by Crippen LogP contribution is -2.50. The van der Waals surface area contributed by atoms with Crippen LogP contribution < -0.4 is 16.3 Å². The van der Waals surface area contributed by atoms with Crippen LogP contribution >= 0.6 is 12.2 Å². The van der Waals surface area contributed by atoms with Gasteiger partial charge in [-0.15, -0.1) is 0 Å². The third kappa shape index (κ3) is 3.35. The van der Waals surface area contributed by atoms with Gasteiger partial charge >= 0.3 is 0 Å². The van der Waals surface area contributed by atoms with Crippen molar-refractivity contribution < 1.29 is 4.74 Å². The Morgan fingerprint density at radius 2 is 1.88 bits per heavy atom. The summed E-state index contributed by atoms with van der Waals surface area (Å²) in [6.07, 6.45) is 0. The molecule has 0 aliphatic carbocycles. The van der Waals surface area contributed by atoms with Crippen molar-refractivity contribution in [3.8, 4) is 5.69 Å². The quantitative estimate of drug-likeness (QED) is 0.809. The molecule has 1 saturated heterocycles. The predicted molar refractivity (Wildman–Crippen MR) is 97.5 cm³/mol. The van der Waals surface area contributed by atoms with Gasteiger partial charge in [0.25, 0.3) is 5.56 Å². The molecule has 7 nitrogen and oxygen atoms in total. The van der Waals surface area contributed by atoms with Gasteiger partial charge in [0.1, 0.15) is 5.69 Å². The fraction of sp³-hybridized carbons (Fsp3) is 0.375. The molecule has 0 atom stereocenters. The van der Waals surface area contributed by atoms with Gasteiger partial charge in [-0.2, -0.15) is 0 Å². The SMILES string of the molecule is Cc1c(NC(=S)NN2CCOCC2)c(=O)n(-c2ccccc2)n1C. The van der Waals surface area contributed by atoms with Crippen molar-refractivity contribution in [2.45, 2.75) is 6.92 Å². The highest BCUT2D eigenvalue weighted by Crippen LogP contribution is 2.13. The van der Waals surface area contributed by atoms with E-state index < -0.39 is 0 Å². The minimum absolute atomic E-state index is 0.132. The standard InChI is InChI=1S/C16H21N5O2S/c1-12-14(17-16(24)18-20-8-10-23-11-9-20)15(22)21(19(12)2)13-6-4-3-5-7-13/h3-7H,8-11H2,1-2H3,(H2,17,18,24). The second-order valence-corrected chi connectivity index (χ2v) is 6.01. The third-order valence-electron chi connectivity index (χ3n) is 4.06. The number of hydrogen-bond acceptors (Lipinski definition) is 4. The summed E-state index contributed by atoms with van der Waals surface area (Å²) in [7, 11) is 1.85. The number of para-hydroxylation sites is 1. The van der Waals surface area contributed by atoms with E-state index in [0.717, 1.165) is 24.5 Å². The number of anilines is 1. The van der Waals surface area contributed by atoms with E-state index in [1.165, 1.54) is 0 Å². The van der Waals surface area contributed by atoms with E-state index >= 15 is 0 Å². The number of nitrogens with zero attached hydrogens (tertiary/aromatic N) is 3. The van der Waals surface area contributed by atoms with Crippen molar-refractivity contribution in [1.82, 2.24) is 19.8 Å². The highest BCUT2D eigenvalue weighted by atomic mass is 32.1. The van der Waals surface area contributed by atoms with E-state index in [0.29, 0.717) is 24.0 Å². The number of hydrogen-bond donors (Lipinski definition) is 2. The van der Waals surface area contributed by atoms with Crippen LogP contribution in [-0.2, 0) is 11.8 Å². The zero-order valence-electron chi connectivity index (χ0n) is 13.8. The Balaban J connectivity index is 1.81. The maximum atomic E-state index is 12.8. The molecule has 1 fully saturated rings. The lowest BCUT2D eigenvalue weighted by Gasteiger charge is -2.28. The highest BCUT2D eigenvalue weighted by Gasteiger charge is 2.18.